The van der Waals surface area contributed by atoms with Gasteiger partial charge in [-0.05, 0) is 31.2 Å². The Bertz CT molecular complexity index is 360. The fourth-order valence-corrected chi connectivity index (χ4v) is 2.38. The van der Waals surface area contributed by atoms with Gasteiger partial charge in [-0.25, -0.2) is 0 Å². The van der Waals surface area contributed by atoms with Gasteiger partial charge in [-0.15, -0.1) is 0 Å². The highest BCUT2D eigenvalue weighted by Crippen LogP contribution is 2.11. The number of piperazine rings is 1. The SMILES string of the molecule is COc1ccc(CCN(C)CN2CCNCC2)cc1. The third-order valence-electron chi connectivity index (χ3n) is 3.59. The number of ether oxygens (including phenoxy) is 1. The van der Waals surface area contributed by atoms with Gasteiger partial charge in [-0.1, -0.05) is 12.1 Å². The Hall–Kier alpha value is -1.10. The number of nitrogens with one attached hydrogen (secondary N) is 1. The standard InChI is InChI=1S/C15H25N3O/c1-17(13-18-11-8-16-9-12-18)10-7-14-3-5-15(19-2)6-4-14/h3-6,16H,7-13H2,1-2H3. The zero-order valence-electron chi connectivity index (χ0n) is 12.1. The van der Waals surface area contributed by atoms with Crippen LogP contribution >= 0.6 is 0 Å². The van der Waals surface area contributed by atoms with E-state index in [0.717, 1.165) is 51.6 Å². The van der Waals surface area contributed by atoms with Gasteiger partial charge in [0.1, 0.15) is 5.75 Å². The first-order chi connectivity index (χ1) is 9.28. The van der Waals surface area contributed by atoms with Crippen LogP contribution < -0.4 is 10.1 Å². The van der Waals surface area contributed by atoms with E-state index in [1.165, 1.54) is 5.56 Å². The summed E-state index contributed by atoms with van der Waals surface area (Å²) in [5, 5.41) is 3.38. The lowest BCUT2D eigenvalue weighted by Gasteiger charge is -2.31. The summed E-state index contributed by atoms with van der Waals surface area (Å²) in [4.78, 5) is 4.90. The van der Waals surface area contributed by atoms with Gasteiger partial charge in [0.2, 0.25) is 0 Å². The fraction of sp³-hybridized carbons (Fsp3) is 0.600. The van der Waals surface area contributed by atoms with Gasteiger partial charge in [0.05, 0.1) is 13.8 Å². The summed E-state index contributed by atoms with van der Waals surface area (Å²) in [6, 6.07) is 8.37. The Morgan fingerprint density at radius 2 is 1.89 bits per heavy atom. The molecule has 0 atom stereocenters. The Kier molecular flexibility index (Phi) is 5.63. The summed E-state index contributed by atoms with van der Waals surface area (Å²) in [5.74, 6) is 0.929. The van der Waals surface area contributed by atoms with Crippen molar-refractivity contribution >= 4 is 0 Å². The van der Waals surface area contributed by atoms with Crippen molar-refractivity contribution in [2.24, 2.45) is 0 Å². The molecule has 1 aromatic rings. The highest BCUT2D eigenvalue weighted by molar-refractivity contribution is 5.27. The van der Waals surface area contributed by atoms with Crippen molar-refractivity contribution in [2.75, 3.05) is 53.5 Å². The van der Waals surface area contributed by atoms with Crippen molar-refractivity contribution in [3.05, 3.63) is 29.8 Å². The first-order valence-electron chi connectivity index (χ1n) is 7.02. The molecule has 1 saturated heterocycles. The number of rotatable bonds is 6. The Morgan fingerprint density at radius 3 is 2.53 bits per heavy atom. The van der Waals surface area contributed by atoms with Crippen molar-refractivity contribution in [3.63, 3.8) is 0 Å². The van der Waals surface area contributed by atoms with Gasteiger partial charge in [-0.2, -0.15) is 0 Å². The molecule has 0 aliphatic carbocycles. The second-order valence-corrected chi connectivity index (χ2v) is 5.19. The lowest BCUT2D eigenvalue weighted by atomic mass is 10.1. The molecule has 1 N–H and O–H groups in total. The molecule has 0 amide bonds. The number of likely N-dealkylation sites (N-methyl/N-ethyl adjacent to an activating group) is 1. The molecule has 1 aliphatic rings. The van der Waals surface area contributed by atoms with E-state index in [0.29, 0.717) is 0 Å². The van der Waals surface area contributed by atoms with Crippen LogP contribution in [0.3, 0.4) is 0 Å². The quantitative estimate of drug-likeness (QED) is 0.830. The van der Waals surface area contributed by atoms with Gasteiger partial charge < -0.3 is 10.1 Å². The third kappa shape index (κ3) is 4.82. The number of hydrogen-bond acceptors (Lipinski definition) is 4. The minimum absolute atomic E-state index is 0.929. The smallest absolute Gasteiger partial charge is 0.118 e. The zero-order chi connectivity index (χ0) is 13.5. The minimum Gasteiger partial charge on any atom is -0.497 e. The maximum absolute atomic E-state index is 5.17. The first-order valence-corrected chi connectivity index (χ1v) is 7.02. The first kappa shape index (κ1) is 14.3. The van der Waals surface area contributed by atoms with Crippen LogP contribution in [0.4, 0.5) is 0 Å². The highest BCUT2D eigenvalue weighted by atomic mass is 16.5. The maximum atomic E-state index is 5.17. The molecule has 19 heavy (non-hydrogen) atoms. The lowest BCUT2D eigenvalue weighted by Crippen LogP contribution is -2.47. The van der Waals surface area contributed by atoms with Crippen LogP contribution in [0.15, 0.2) is 24.3 Å². The summed E-state index contributed by atoms with van der Waals surface area (Å²) in [6.07, 6.45) is 1.09. The van der Waals surface area contributed by atoms with Gasteiger partial charge >= 0.3 is 0 Å². The molecule has 1 aliphatic heterocycles. The molecular formula is C15H25N3O. The van der Waals surface area contributed by atoms with E-state index in [2.05, 4.69) is 34.3 Å². The highest BCUT2D eigenvalue weighted by Gasteiger charge is 2.11. The van der Waals surface area contributed by atoms with Crippen LogP contribution in [0.25, 0.3) is 0 Å². The van der Waals surface area contributed by atoms with E-state index >= 15 is 0 Å². The second-order valence-electron chi connectivity index (χ2n) is 5.19. The third-order valence-corrected chi connectivity index (χ3v) is 3.59. The van der Waals surface area contributed by atoms with Gasteiger partial charge in [0.15, 0.2) is 0 Å². The molecule has 1 heterocycles. The predicted molar refractivity (Wildman–Crippen MR) is 78.6 cm³/mol. The number of nitrogens with zero attached hydrogens (tertiary/aromatic N) is 2. The van der Waals surface area contributed by atoms with Crippen molar-refractivity contribution in [2.45, 2.75) is 6.42 Å². The topological polar surface area (TPSA) is 27.7 Å². The molecule has 1 aromatic carbocycles. The molecule has 106 valence electrons. The summed E-state index contributed by atoms with van der Waals surface area (Å²) in [5.41, 5.74) is 1.37. The predicted octanol–water partition coefficient (Wildman–Crippen LogP) is 1.03. The molecule has 2 rings (SSSR count). The van der Waals surface area contributed by atoms with Gasteiger partial charge in [0, 0.05) is 32.7 Å². The summed E-state index contributed by atoms with van der Waals surface area (Å²) in [6.45, 7) is 6.71. The van der Waals surface area contributed by atoms with E-state index < -0.39 is 0 Å². The largest absolute Gasteiger partial charge is 0.497 e. The monoisotopic (exact) mass is 263 g/mol. The molecular weight excluding hydrogens is 238 g/mol. The van der Waals surface area contributed by atoms with Crippen LogP contribution in [-0.4, -0.2) is 63.3 Å². The number of methoxy groups -OCH3 is 1. The van der Waals surface area contributed by atoms with Crippen LogP contribution in [0.5, 0.6) is 5.75 Å². The van der Waals surface area contributed by atoms with Crippen molar-refractivity contribution in [1.82, 2.24) is 15.1 Å². The van der Waals surface area contributed by atoms with Gasteiger partial charge in [0.25, 0.3) is 0 Å². The summed E-state index contributed by atoms with van der Waals surface area (Å²) >= 11 is 0. The van der Waals surface area contributed by atoms with Gasteiger partial charge in [-0.3, -0.25) is 9.80 Å². The fourth-order valence-electron chi connectivity index (χ4n) is 2.38. The molecule has 0 unspecified atom stereocenters. The molecule has 0 bridgehead atoms. The van der Waals surface area contributed by atoms with Crippen LogP contribution in [0.2, 0.25) is 0 Å². The minimum atomic E-state index is 0.929. The van der Waals surface area contributed by atoms with Crippen molar-refractivity contribution in [3.8, 4) is 5.75 Å². The molecule has 4 nitrogen and oxygen atoms in total. The molecule has 4 heteroatoms. The van der Waals surface area contributed by atoms with E-state index in [1.807, 2.05) is 12.1 Å². The van der Waals surface area contributed by atoms with Crippen molar-refractivity contribution in [1.29, 1.82) is 0 Å². The normalized spacial score (nSPS) is 16.8. The maximum Gasteiger partial charge on any atom is 0.118 e. The average molecular weight is 263 g/mol. The molecule has 0 saturated carbocycles. The van der Waals surface area contributed by atoms with Crippen LogP contribution in [0, 0.1) is 0 Å². The number of benzene rings is 1. The molecule has 0 spiro atoms. The van der Waals surface area contributed by atoms with E-state index in [9.17, 15) is 0 Å². The molecule has 1 fully saturated rings. The zero-order valence-corrected chi connectivity index (χ0v) is 12.1. The summed E-state index contributed by atoms with van der Waals surface area (Å²) < 4.78 is 5.17. The van der Waals surface area contributed by atoms with E-state index in [-0.39, 0.29) is 0 Å². The Balaban J connectivity index is 1.71. The van der Waals surface area contributed by atoms with Crippen LogP contribution in [-0.2, 0) is 6.42 Å². The van der Waals surface area contributed by atoms with E-state index in [4.69, 9.17) is 4.74 Å². The Labute approximate surface area is 116 Å². The van der Waals surface area contributed by atoms with Crippen LogP contribution in [0.1, 0.15) is 5.56 Å². The lowest BCUT2D eigenvalue weighted by molar-refractivity contribution is 0.140. The summed E-state index contributed by atoms with van der Waals surface area (Å²) in [7, 11) is 3.90. The molecule has 0 radical (unpaired) electrons. The van der Waals surface area contributed by atoms with Crippen molar-refractivity contribution < 1.29 is 4.74 Å². The molecule has 0 aromatic heterocycles. The second kappa shape index (κ2) is 7.48. The Morgan fingerprint density at radius 1 is 1.21 bits per heavy atom. The van der Waals surface area contributed by atoms with E-state index in [1.54, 1.807) is 7.11 Å². The average Bonchev–Trinajstić information content (AvgIpc) is 2.47. The number of hydrogen-bond donors (Lipinski definition) is 1.